The van der Waals surface area contributed by atoms with Gasteiger partial charge in [-0.25, -0.2) is 9.50 Å². The van der Waals surface area contributed by atoms with Crippen molar-refractivity contribution in [2.75, 3.05) is 32.8 Å². The number of aromatic nitrogens is 4. The van der Waals surface area contributed by atoms with E-state index in [9.17, 15) is 9.59 Å². The Morgan fingerprint density at radius 1 is 1.13 bits per heavy atom. The van der Waals surface area contributed by atoms with Gasteiger partial charge in [0, 0.05) is 49.2 Å². The maximum atomic E-state index is 13.4. The highest BCUT2D eigenvalue weighted by molar-refractivity contribution is 5.94. The van der Waals surface area contributed by atoms with Crippen molar-refractivity contribution in [3.05, 3.63) is 53.2 Å². The van der Waals surface area contributed by atoms with E-state index < -0.39 is 0 Å². The molecule has 0 aromatic carbocycles. The first kappa shape index (κ1) is 18.8. The molecular weight excluding hydrogens is 384 g/mol. The quantitative estimate of drug-likeness (QED) is 0.689. The third-order valence-electron chi connectivity index (χ3n) is 5.80. The number of rotatable bonds is 2. The Morgan fingerprint density at radius 3 is 2.80 bits per heavy atom. The molecule has 0 radical (unpaired) electrons. The van der Waals surface area contributed by atoms with E-state index in [-0.39, 0.29) is 23.8 Å². The zero-order valence-electron chi connectivity index (χ0n) is 17.0. The van der Waals surface area contributed by atoms with Crippen LogP contribution >= 0.6 is 0 Å². The van der Waals surface area contributed by atoms with Crippen LogP contribution in [0.1, 0.15) is 32.4 Å². The lowest BCUT2D eigenvalue weighted by Crippen LogP contribution is -2.48. The number of ether oxygens (including phenoxy) is 1. The van der Waals surface area contributed by atoms with Gasteiger partial charge in [-0.3, -0.25) is 9.59 Å². The molecule has 2 amide bonds. The molecule has 3 aromatic rings. The highest BCUT2D eigenvalue weighted by Crippen LogP contribution is 2.23. The van der Waals surface area contributed by atoms with Gasteiger partial charge in [0.05, 0.1) is 19.3 Å². The molecule has 156 valence electrons. The van der Waals surface area contributed by atoms with Crippen molar-refractivity contribution in [3.8, 4) is 0 Å². The summed E-state index contributed by atoms with van der Waals surface area (Å²) in [6.07, 6.45) is 1.74. The summed E-state index contributed by atoms with van der Waals surface area (Å²) in [5.74, 6) is -0.138. The predicted molar refractivity (Wildman–Crippen MR) is 108 cm³/mol. The van der Waals surface area contributed by atoms with Crippen molar-refractivity contribution >= 4 is 17.5 Å². The fraction of sp³-hybridized carbons (Fsp3) is 0.429. The Labute approximate surface area is 173 Å². The molecule has 0 spiro atoms. The number of amides is 2. The van der Waals surface area contributed by atoms with Gasteiger partial charge in [0.15, 0.2) is 11.3 Å². The maximum absolute atomic E-state index is 13.4. The van der Waals surface area contributed by atoms with E-state index in [4.69, 9.17) is 4.74 Å². The average molecular weight is 408 g/mol. The van der Waals surface area contributed by atoms with Crippen molar-refractivity contribution in [2.45, 2.75) is 19.9 Å². The molecule has 2 bridgehead atoms. The van der Waals surface area contributed by atoms with E-state index in [0.717, 1.165) is 11.4 Å². The third kappa shape index (κ3) is 3.24. The van der Waals surface area contributed by atoms with Crippen molar-refractivity contribution in [1.29, 1.82) is 0 Å². The SMILES string of the molecule is Cc1cc(C)n2nc(C(=O)N3C[C@H]4COC[C@@H]3CN(C(=O)c3ccc[nH]3)C4)cc2n1. The van der Waals surface area contributed by atoms with Gasteiger partial charge < -0.3 is 19.5 Å². The van der Waals surface area contributed by atoms with E-state index in [1.165, 1.54) is 0 Å². The molecule has 2 saturated heterocycles. The number of carbonyl (C=O) groups excluding carboxylic acids is 2. The van der Waals surface area contributed by atoms with Crippen LogP contribution in [0.3, 0.4) is 0 Å². The lowest BCUT2D eigenvalue weighted by Gasteiger charge is -2.30. The van der Waals surface area contributed by atoms with Gasteiger partial charge in [0.25, 0.3) is 11.8 Å². The van der Waals surface area contributed by atoms with Gasteiger partial charge in [0.2, 0.25) is 0 Å². The van der Waals surface area contributed by atoms with E-state index in [0.29, 0.717) is 49.9 Å². The second-order valence-corrected chi connectivity index (χ2v) is 8.15. The molecule has 2 aliphatic heterocycles. The Kier molecular flexibility index (Phi) is 4.54. The Morgan fingerprint density at radius 2 is 2.00 bits per heavy atom. The third-order valence-corrected chi connectivity index (χ3v) is 5.80. The fourth-order valence-electron chi connectivity index (χ4n) is 4.43. The summed E-state index contributed by atoms with van der Waals surface area (Å²) in [5, 5.41) is 4.50. The lowest BCUT2D eigenvalue weighted by molar-refractivity contribution is 0.0377. The minimum atomic E-state index is -0.218. The van der Waals surface area contributed by atoms with Crippen LogP contribution in [0.5, 0.6) is 0 Å². The van der Waals surface area contributed by atoms with Crippen molar-refractivity contribution in [2.24, 2.45) is 5.92 Å². The van der Waals surface area contributed by atoms with E-state index in [1.807, 2.05) is 35.8 Å². The van der Waals surface area contributed by atoms with Gasteiger partial charge in [-0.2, -0.15) is 5.10 Å². The first-order valence-electron chi connectivity index (χ1n) is 10.1. The van der Waals surface area contributed by atoms with Crippen LogP contribution in [0.15, 0.2) is 30.5 Å². The first-order chi connectivity index (χ1) is 14.5. The summed E-state index contributed by atoms with van der Waals surface area (Å²) in [7, 11) is 0. The number of aromatic amines is 1. The van der Waals surface area contributed by atoms with Crippen LogP contribution in [0, 0.1) is 19.8 Å². The van der Waals surface area contributed by atoms with Crippen LogP contribution in [0.25, 0.3) is 5.65 Å². The first-order valence-corrected chi connectivity index (χ1v) is 10.1. The Bertz CT molecular complexity index is 1110. The molecule has 1 N–H and O–H groups in total. The average Bonchev–Trinajstić information content (AvgIpc) is 3.29. The number of nitrogens with one attached hydrogen (secondary N) is 1. The van der Waals surface area contributed by atoms with Crippen LogP contribution in [-0.2, 0) is 4.74 Å². The number of hydrogen-bond acceptors (Lipinski definition) is 5. The molecule has 0 unspecified atom stereocenters. The molecule has 2 atom stereocenters. The summed E-state index contributed by atoms with van der Waals surface area (Å²) < 4.78 is 7.51. The van der Waals surface area contributed by atoms with Crippen LogP contribution in [0.4, 0.5) is 0 Å². The highest BCUT2D eigenvalue weighted by Gasteiger charge is 2.38. The zero-order valence-corrected chi connectivity index (χ0v) is 17.0. The molecule has 5 heterocycles. The maximum Gasteiger partial charge on any atom is 0.274 e. The van der Waals surface area contributed by atoms with Crippen LogP contribution in [-0.4, -0.2) is 80.1 Å². The Balaban J connectivity index is 1.44. The van der Waals surface area contributed by atoms with E-state index in [1.54, 1.807) is 22.8 Å². The minimum Gasteiger partial charge on any atom is -0.379 e. The molecule has 3 aromatic heterocycles. The lowest BCUT2D eigenvalue weighted by atomic mass is 10.1. The summed E-state index contributed by atoms with van der Waals surface area (Å²) >= 11 is 0. The fourth-order valence-corrected chi connectivity index (χ4v) is 4.43. The standard InChI is InChI=1S/C21H24N6O3/c1-13-6-14(2)27-19(23-13)7-18(24-27)21(29)26-9-15-8-25(10-16(26)12-30-11-15)20(28)17-4-3-5-22-17/h3-7,15-16,22H,8-12H2,1-2H3/t15-,16-/m0/s1. The van der Waals surface area contributed by atoms with Gasteiger partial charge in [0.1, 0.15) is 5.69 Å². The van der Waals surface area contributed by atoms with Gasteiger partial charge in [-0.1, -0.05) is 0 Å². The predicted octanol–water partition coefficient (Wildman–Crippen LogP) is 1.29. The molecule has 0 saturated carbocycles. The summed E-state index contributed by atoms with van der Waals surface area (Å²) in [5.41, 5.74) is 3.40. The molecular formula is C21H24N6O3. The van der Waals surface area contributed by atoms with E-state index in [2.05, 4.69) is 15.1 Å². The van der Waals surface area contributed by atoms with Crippen LogP contribution in [0.2, 0.25) is 0 Å². The molecule has 9 heteroatoms. The van der Waals surface area contributed by atoms with Gasteiger partial charge in [-0.05, 0) is 32.0 Å². The van der Waals surface area contributed by atoms with Gasteiger partial charge >= 0.3 is 0 Å². The molecule has 5 rings (SSSR count). The smallest absolute Gasteiger partial charge is 0.274 e. The molecule has 30 heavy (non-hydrogen) atoms. The van der Waals surface area contributed by atoms with Gasteiger partial charge in [-0.15, -0.1) is 0 Å². The van der Waals surface area contributed by atoms with Crippen molar-refractivity contribution in [1.82, 2.24) is 29.4 Å². The molecule has 2 aliphatic rings. The Hall–Kier alpha value is -3.20. The summed E-state index contributed by atoms with van der Waals surface area (Å²) in [6, 6.07) is 7.04. The number of carbonyl (C=O) groups is 2. The minimum absolute atomic E-state index is 0.0470. The molecule has 2 fully saturated rings. The monoisotopic (exact) mass is 408 g/mol. The van der Waals surface area contributed by atoms with Crippen LogP contribution < -0.4 is 0 Å². The highest BCUT2D eigenvalue weighted by atomic mass is 16.5. The number of aryl methyl sites for hydroxylation is 2. The van der Waals surface area contributed by atoms with Crippen molar-refractivity contribution in [3.63, 3.8) is 0 Å². The molecule has 9 nitrogen and oxygen atoms in total. The normalized spacial score (nSPS) is 21.7. The summed E-state index contributed by atoms with van der Waals surface area (Å²) in [4.78, 5) is 37.4. The molecule has 0 aliphatic carbocycles. The second kappa shape index (κ2) is 7.24. The van der Waals surface area contributed by atoms with Crippen molar-refractivity contribution < 1.29 is 14.3 Å². The number of fused-ring (bicyclic) bond motifs is 4. The number of nitrogens with zero attached hydrogens (tertiary/aromatic N) is 5. The zero-order chi connectivity index (χ0) is 20.8. The largest absolute Gasteiger partial charge is 0.379 e. The van der Waals surface area contributed by atoms with E-state index >= 15 is 0 Å². The summed E-state index contributed by atoms with van der Waals surface area (Å²) in [6.45, 7) is 6.33. The topological polar surface area (TPSA) is 95.8 Å². The second-order valence-electron chi connectivity index (χ2n) is 8.15. The number of hydrogen-bond donors (Lipinski definition) is 1. The number of H-pyrrole nitrogens is 1.